The van der Waals surface area contributed by atoms with Gasteiger partial charge in [-0.1, -0.05) is 23.2 Å². The first-order valence-corrected chi connectivity index (χ1v) is 8.23. The first-order valence-electron chi connectivity index (χ1n) is 5.07. The van der Waals surface area contributed by atoms with Crippen molar-refractivity contribution in [3.8, 4) is 6.07 Å². The van der Waals surface area contributed by atoms with Crippen molar-refractivity contribution in [1.82, 2.24) is 0 Å². The third kappa shape index (κ3) is 3.65. The maximum atomic E-state index is 9.26. The zero-order valence-corrected chi connectivity index (χ0v) is 14.8. The van der Waals surface area contributed by atoms with Gasteiger partial charge in [-0.2, -0.15) is 5.26 Å². The molecule has 0 aliphatic heterocycles. The van der Waals surface area contributed by atoms with Gasteiger partial charge in [-0.15, -0.1) is 11.3 Å². The minimum Gasteiger partial charge on any atom is -0.366 e. The molecule has 1 aromatic carbocycles. The summed E-state index contributed by atoms with van der Waals surface area (Å²) in [6, 6.07) is 9.02. The lowest BCUT2D eigenvalue weighted by Crippen LogP contribution is -2.06. The SMILES string of the molecule is N#CC(Nc1ccc(Cl)c(Br)c1)c1cc(Br)c(Cl)s1. The van der Waals surface area contributed by atoms with E-state index in [4.69, 9.17) is 23.2 Å². The van der Waals surface area contributed by atoms with Gasteiger partial charge in [-0.05, 0) is 56.1 Å². The highest BCUT2D eigenvalue weighted by molar-refractivity contribution is 9.11. The van der Waals surface area contributed by atoms with Crippen LogP contribution in [0.5, 0.6) is 0 Å². The number of nitrogens with zero attached hydrogens (tertiary/aromatic N) is 1. The molecule has 1 N–H and O–H groups in total. The van der Waals surface area contributed by atoms with Crippen molar-refractivity contribution >= 4 is 72.1 Å². The Bertz CT molecular complexity index is 632. The maximum Gasteiger partial charge on any atom is 0.149 e. The number of hydrogen-bond donors (Lipinski definition) is 1. The lowest BCUT2D eigenvalue weighted by molar-refractivity contribution is 1.03. The molecule has 1 atom stereocenters. The Kier molecular flexibility index (Phi) is 5.15. The van der Waals surface area contributed by atoms with Gasteiger partial charge in [-0.3, -0.25) is 0 Å². The smallest absolute Gasteiger partial charge is 0.149 e. The van der Waals surface area contributed by atoms with E-state index in [1.54, 1.807) is 6.07 Å². The third-order valence-electron chi connectivity index (χ3n) is 2.31. The lowest BCUT2D eigenvalue weighted by atomic mass is 10.2. The molecule has 1 heterocycles. The summed E-state index contributed by atoms with van der Waals surface area (Å²) in [5.41, 5.74) is 0.809. The number of anilines is 1. The molecule has 0 amide bonds. The van der Waals surface area contributed by atoms with E-state index in [0.29, 0.717) is 9.36 Å². The van der Waals surface area contributed by atoms with Gasteiger partial charge >= 0.3 is 0 Å². The van der Waals surface area contributed by atoms with Crippen LogP contribution in [-0.4, -0.2) is 0 Å². The Morgan fingerprint density at radius 1 is 1.21 bits per heavy atom. The molecule has 2 aromatic rings. The van der Waals surface area contributed by atoms with Crippen LogP contribution in [0.15, 0.2) is 33.2 Å². The molecule has 0 bridgehead atoms. The van der Waals surface area contributed by atoms with E-state index in [2.05, 4.69) is 43.2 Å². The molecule has 0 fully saturated rings. The van der Waals surface area contributed by atoms with Gasteiger partial charge in [-0.25, -0.2) is 0 Å². The zero-order valence-electron chi connectivity index (χ0n) is 9.25. The van der Waals surface area contributed by atoms with E-state index < -0.39 is 6.04 Å². The number of rotatable bonds is 3. The summed E-state index contributed by atoms with van der Waals surface area (Å²) in [6.45, 7) is 0. The molecular weight excluding hydrogens is 435 g/mol. The van der Waals surface area contributed by atoms with Gasteiger partial charge in [0.05, 0.1) is 11.1 Å². The van der Waals surface area contributed by atoms with Crippen LogP contribution in [-0.2, 0) is 0 Å². The Labute approximate surface area is 141 Å². The van der Waals surface area contributed by atoms with Gasteiger partial charge in [0, 0.05) is 19.5 Å². The number of thiophene rings is 1. The van der Waals surface area contributed by atoms with Crippen molar-refractivity contribution in [3.63, 3.8) is 0 Å². The van der Waals surface area contributed by atoms with Gasteiger partial charge in [0.15, 0.2) is 0 Å². The Morgan fingerprint density at radius 2 is 1.95 bits per heavy atom. The Hall–Kier alpha value is -0.250. The molecule has 0 saturated carbocycles. The van der Waals surface area contributed by atoms with E-state index in [1.165, 1.54) is 11.3 Å². The van der Waals surface area contributed by atoms with E-state index in [0.717, 1.165) is 19.5 Å². The fourth-order valence-corrected chi connectivity index (χ4v) is 3.65. The largest absolute Gasteiger partial charge is 0.366 e. The predicted molar refractivity (Wildman–Crippen MR) is 88.2 cm³/mol. The number of halogens is 4. The fourth-order valence-electron chi connectivity index (χ4n) is 1.43. The highest BCUT2D eigenvalue weighted by Crippen LogP contribution is 2.36. The van der Waals surface area contributed by atoms with Gasteiger partial charge in [0.2, 0.25) is 0 Å². The molecular formula is C12H6Br2Cl2N2S. The van der Waals surface area contributed by atoms with Crippen molar-refractivity contribution in [2.24, 2.45) is 0 Å². The second-order valence-corrected chi connectivity index (χ2v) is 7.41. The Morgan fingerprint density at radius 3 is 2.47 bits per heavy atom. The van der Waals surface area contributed by atoms with Crippen molar-refractivity contribution in [2.75, 3.05) is 5.32 Å². The standard InChI is InChI=1S/C12H6Br2Cl2N2S/c13-7-3-6(1-2-9(7)15)18-10(5-17)11-4-8(14)12(16)19-11/h1-4,10,18H. The van der Waals surface area contributed by atoms with E-state index in [9.17, 15) is 5.26 Å². The molecule has 1 aromatic heterocycles. The van der Waals surface area contributed by atoms with Gasteiger partial charge in [0.1, 0.15) is 10.4 Å². The van der Waals surface area contributed by atoms with Crippen molar-refractivity contribution in [1.29, 1.82) is 5.26 Å². The van der Waals surface area contributed by atoms with Crippen LogP contribution in [0.3, 0.4) is 0 Å². The molecule has 0 aliphatic carbocycles. The highest BCUT2D eigenvalue weighted by Gasteiger charge is 2.15. The fraction of sp³-hybridized carbons (Fsp3) is 0.0833. The van der Waals surface area contributed by atoms with Crippen LogP contribution in [0.2, 0.25) is 9.36 Å². The number of nitriles is 1. The van der Waals surface area contributed by atoms with Crippen LogP contribution in [0.4, 0.5) is 5.69 Å². The monoisotopic (exact) mass is 438 g/mol. The van der Waals surface area contributed by atoms with E-state index in [-0.39, 0.29) is 0 Å². The summed E-state index contributed by atoms with van der Waals surface area (Å²) in [5.74, 6) is 0. The van der Waals surface area contributed by atoms with Crippen LogP contribution in [0.25, 0.3) is 0 Å². The maximum absolute atomic E-state index is 9.26. The summed E-state index contributed by atoms with van der Waals surface area (Å²) in [7, 11) is 0. The molecule has 7 heteroatoms. The third-order valence-corrected chi connectivity index (χ3v) is 6.06. The molecule has 1 unspecified atom stereocenters. The quantitative estimate of drug-likeness (QED) is 0.611. The minimum absolute atomic E-state index is 0.457. The molecule has 98 valence electrons. The van der Waals surface area contributed by atoms with Crippen molar-refractivity contribution < 1.29 is 0 Å². The van der Waals surface area contributed by atoms with Crippen LogP contribution in [0.1, 0.15) is 10.9 Å². The van der Waals surface area contributed by atoms with E-state index >= 15 is 0 Å². The van der Waals surface area contributed by atoms with Crippen molar-refractivity contribution in [2.45, 2.75) is 6.04 Å². The van der Waals surface area contributed by atoms with Gasteiger partial charge in [0.25, 0.3) is 0 Å². The predicted octanol–water partition coefficient (Wildman–Crippen LogP) is 6.26. The zero-order chi connectivity index (χ0) is 14.0. The average Bonchev–Trinajstić information content (AvgIpc) is 2.71. The molecule has 0 saturated heterocycles. The van der Waals surface area contributed by atoms with Crippen LogP contribution in [0, 0.1) is 11.3 Å². The molecule has 2 nitrogen and oxygen atoms in total. The molecule has 2 rings (SSSR count). The second-order valence-electron chi connectivity index (χ2n) is 3.61. The van der Waals surface area contributed by atoms with Crippen LogP contribution >= 0.6 is 66.4 Å². The first-order chi connectivity index (χ1) is 9.01. The normalized spacial score (nSPS) is 11.9. The summed E-state index contributed by atoms with van der Waals surface area (Å²) in [6.07, 6.45) is 0. The number of benzene rings is 1. The molecule has 0 aliphatic rings. The summed E-state index contributed by atoms with van der Waals surface area (Å²) < 4.78 is 2.21. The first kappa shape index (κ1) is 15.1. The molecule has 0 radical (unpaired) electrons. The summed E-state index contributed by atoms with van der Waals surface area (Å²) in [5, 5.41) is 13.0. The molecule has 19 heavy (non-hydrogen) atoms. The average molecular weight is 441 g/mol. The molecule has 0 spiro atoms. The summed E-state index contributed by atoms with van der Waals surface area (Å²) >= 11 is 20.0. The van der Waals surface area contributed by atoms with Gasteiger partial charge < -0.3 is 5.32 Å². The number of hydrogen-bond acceptors (Lipinski definition) is 3. The summed E-state index contributed by atoms with van der Waals surface area (Å²) in [4.78, 5) is 0.852. The Balaban J connectivity index is 2.24. The second kappa shape index (κ2) is 6.47. The highest BCUT2D eigenvalue weighted by atomic mass is 79.9. The number of nitrogens with one attached hydrogen (secondary N) is 1. The van der Waals surface area contributed by atoms with E-state index in [1.807, 2.05) is 18.2 Å². The lowest BCUT2D eigenvalue weighted by Gasteiger charge is -2.11. The minimum atomic E-state index is -0.457. The van der Waals surface area contributed by atoms with Crippen LogP contribution < -0.4 is 5.32 Å². The van der Waals surface area contributed by atoms with Crippen molar-refractivity contribution in [3.05, 3.63) is 47.4 Å². The topological polar surface area (TPSA) is 35.8 Å².